The first kappa shape index (κ1) is 14.6. The van der Waals surface area contributed by atoms with Crippen LogP contribution in [-0.2, 0) is 12.8 Å². The fourth-order valence-corrected chi connectivity index (χ4v) is 1.96. The molecule has 0 aliphatic carbocycles. The molecular weight excluding hydrogens is 276 g/mol. The van der Waals surface area contributed by atoms with E-state index in [0.717, 1.165) is 12.2 Å². The Bertz CT molecular complexity index is 576. The molecule has 5 heteroatoms. The Labute approximate surface area is 123 Å². The van der Waals surface area contributed by atoms with Crippen LogP contribution in [-0.4, -0.2) is 23.7 Å². The lowest BCUT2D eigenvalue weighted by Crippen LogP contribution is -2.06. The number of hydrogen-bond acceptors (Lipinski definition) is 4. The largest absolute Gasteiger partial charge is 0.493 e. The zero-order valence-corrected chi connectivity index (χ0v) is 12.4. The van der Waals surface area contributed by atoms with Crippen LogP contribution in [0.4, 0.5) is 0 Å². The van der Waals surface area contributed by atoms with Gasteiger partial charge in [-0.2, -0.15) is 4.98 Å². The number of aryl methyl sites for hydroxylation is 1. The Kier molecular flexibility index (Phi) is 5.18. The van der Waals surface area contributed by atoms with E-state index in [4.69, 9.17) is 21.1 Å². The zero-order valence-electron chi connectivity index (χ0n) is 11.6. The number of rotatable bonds is 6. The van der Waals surface area contributed by atoms with Crippen molar-refractivity contribution < 1.29 is 9.47 Å². The van der Waals surface area contributed by atoms with Crippen LogP contribution in [0.15, 0.2) is 30.3 Å². The molecule has 2 rings (SSSR count). The van der Waals surface area contributed by atoms with Crippen LogP contribution in [0.2, 0.25) is 5.15 Å². The summed E-state index contributed by atoms with van der Waals surface area (Å²) in [6.45, 7) is 2.61. The maximum Gasteiger partial charge on any atom is 0.217 e. The van der Waals surface area contributed by atoms with Crippen molar-refractivity contribution >= 4 is 11.6 Å². The summed E-state index contributed by atoms with van der Waals surface area (Å²) >= 11 is 5.89. The lowest BCUT2D eigenvalue weighted by molar-refractivity contribution is 0.317. The first-order valence-electron chi connectivity index (χ1n) is 6.50. The quantitative estimate of drug-likeness (QED) is 0.766. The molecule has 0 aliphatic rings. The van der Waals surface area contributed by atoms with Gasteiger partial charge < -0.3 is 9.47 Å². The van der Waals surface area contributed by atoms with Gasteiger partial charge in [0.15, 0.2) is 0 Å². The smallest absolute Gasteiger partial charge is 0.217 e. The zero-order chi connectivity index (χ0) is 14.4. The molecule has 2 aromatic rings. The first-order valence-corrected chi connectivity index (χ1v) is 6.88. The summed E-state index contributed by atoms with van der Waals surface area (Å²) in [6, 6.07) is 9.64. The SMILES string of the molecule is CCc1cccc(OCCc2nc(Cl)cc(OC)n2)c1. The average Bonchev–Trinajstić information content (AvgIpc) is 2.47. The Hall–Kier alpha value is -1.81. The van der Waals surface area contributed by atoms with Gasteiger partial charge in [0, 0.05) is 12.5 Å². The Morgan fingerprint density at radius 3 is 2.80 bits per heavy atom. The monoisotopic (exact) mass is 292 g/mol. The van der Waals surface area contributed by atoms with Gasteiger partial charge in [0.25, 0.3) is 0 Å². The highest BCUT2D eigenvalue weighted by Gasteiger charge is 2.04. The molecule has 0 bridgehead atoms. The van der Waals surface area contributed by atoms with E-state index in [2.05, 4.69) is 23.0 Å². The lowest BCUT2D eigenvalue weighted by atomic mass is 10.2. The third kappa shape index (κ3) is 4.10. The van der Waals surface area contributed by atoms with Crippen LogP contribution in [0.5, 0.6) is 11.6 Å². The van der Waals surface area contributed by atoms with Gasteiger partial charge in [0.05, 0.1) is 13.7 Å². The van der Waals surface area contributed by atoms with E-state index in [1.807, 2.05) is 18.2 Å². The number of methoxy groups -OCH3 is 1. The highest BCUT2D eigenvalue weighted by Crippen LogP contribution is 2.15. The molecule has 106 valence electrons. The molecule has 0 atom stereocenters. The minimum Gasteiger partial charge on any atom is -0.493 e. The molecule has 0 N–H and O–H groups in total. The Balaban J connectivity index is 1.93. The van der Waals surface area contributed by atoms with Crippen LogP contribution < -0.4 is 9.47 Å². The first-order chi connectivity index (χ1) is 9.71. The van der Waals surface area contributed by atoms with Gasteiger partial charge in [-0.3, -0.25) is 0 Å². The number of ether oxygens (including phenoxy) is 2. The number of aromatic nitrogens is 2. The second kappa shape index (κ2) is 7.10. The van der Waals surface area contributed by atoms with Gasteiger partial charge in [-0.25, -0.2) is 4.98 Å². The van der Waals surface area contributed by atoms with Crippen molar-refractivity contribution in [3.05, 3.63) is 46.9 Å². The molecule has 0 unspecified atom stereocenters. The summed E-state index contributed by atoms with van der Waals surface area (Å²) in [5, 5.41) is 0.375. The van der Waals surface area contributed by atoms with Crippen molar-refractivity contribution in [1.29, 1.82) is 0 Å². The minimum absolute atomic E-state index is 0.375. The number of nitrogens with zero attached hydrogens (tertiary/aromatic N) is 2. The third-order valence-electron chi connectivity index (χ3n) is 2.83. The molecule has 1 aromatic heterocycles. The topological polar surface area (TPSA) is 44.2 Å². The standard InChI is InChI=1S/C15H17ClN2O2/c1-3-11-5-4-6-12(9-11)20-8-7-14-17-13(16)10-15(18-14)19-2/h4-6,9-10H,3,7-8H2,1-2H3. The van der Waals surface area contributed by atoms with E-state index in [9.17, 15) is 0 Å². The lowest BCUT2D eigenvalue weighted by Gasteiger charge is -2.07. The summed E-state index contributed by atoms with van der Waals surface area (Å²) in [6.07, 6.45) is 1.57. The van der Waals surface area contributed by atoms with E-state index < -0.39 is 0 Å². The van der Waals surface area contributed by atoms with Gasteiger partial charge in [-0.05, 0) is 24.1 Å². The summed E-state index contributed by atoms with van der Waals surface area (Å²) in [7, 11) is 1.55. The highest BCUT2D eigenvalue weighted by atomic mass is 35.5. The van der Waals surface area contributed by atoms with E-state index in [-0.39, 0.29) is 0 Å². The fourth-order valence-electron chi connectivity index (χ4n) is 1.77. The molecule has 0 radical (unpaired) electrons. The van der Waals surface area contributed by atoms with E-state index in [1.54, 1.807) is 13.2 Å². The highest BCUT2D eigenvalue weighted by molar-refractivity contribution is 6.29. The Morgan fingerprint density at radius 1 is 1.20 bits per heavy atom. The van der Waals surface area contributed by atoms with Crippen molar-refractivity contribution in [2.24, 2.45) is 0 Å². The molecule has 1 aromatic carbocycles. The number of halogens is 1. The van der Waals surface area contributed by atoms with E-state index >= 15 is 0 Å². The molecule has 0 saturated heterocycles. The fraction of sp³-hybridized carbons (Fsp3) is 0.333. The maximum atomic E-state index is 5.89. The van der Waals surface area contributed by atoms with Crippen LogP contribution in [0.1, 0.15) is 18.3 Å². The van der Waals surface area contributed by atoms with E-state index in [1.165, 1.54) is 5.56 Å². The van der Waals surface area contributed by atoms with Crippen LogP contribution in [0.25, 0.3) is 0 Å². The second-order valence-electron chi connectivity index (χ2n) is 4.25. The van der Waals surface area contributed by atoms with Gasteiger partial charge in [-0.1, -0.05) is 30.7 Å². The number of hydrogen-bond donors (Lipinski definition) is 0. The molecule has 0 saturated carbocycles. The predicted molar refractivity (Wildman–Crippen MR) is 78.6 cm³/mol. The van der Waals surface area contributed by atoms with Gasteiger partial charge in [0.2, 0.25) is 5.88 Å². The van der Waals surface area contributed by atoms with Crippen molar-refractivity contribution in [3.8, 4) is 11.6 Å². The molecule has 4 nitrogen and oxygen atoms in total. The van der Waals surface area contributed by atoms with Gasteiger partial charge in [-0.15, -0.1) is 0 Å². The molecular formula is C15H17ClN2O2. The van der Waals surface area contributed by atoms with Crippen molar-refractivity contribution in [2.75, 3.05) is 13.7 Å². The molecule has 20 heavy (non-hydrogen) atoms. The number of benzene rings is 1. The predicted octanol–water partition coefficient (Wildman–Crippen LogP) is 3.32. The molecule has 1 heterocycles. The average molecular weight is 293 g/mol. The summed E-state index contributed by atoms with van der Waals surface area (Å²) < 4.78 is 10.8. The van der Waals surface area contributed by atoms with Crippen molar-refractivity contribution in [3.63, 3.8) is 0 Å². The normalized spacial score (nSPS) is 10.3. The van der Waals surface area contributed by atoms with Crippen molar-refractivity contribution in [2.45, 2.75) is 19.8 Å². The van der Waals surface area contributed by atoms with Gasteiger partial charge >= 0.3 is 0 Å². The summed E-state index contributed by atoms with van der Waals surface area (Å²) in [5.74, 6) is 1.94. The van der Waals surface area contributed by atoms with Crippen LogP contribution in [0, 0.1) is 0 Å². The second-order valence-corrected chi connectivity index (χ2v) is 4.64. The van der Waals surface area contributed by atoms with E-state index in [0.29, 0.717) is 29.9 Å². The minimum atomic E-state index is 0.375. The molecule has 0 fully saturated rings. The van der Waals surface area contributed by atoms with Crippen LogP contribution in [0.3, 0.4) is 0 Å². The molecule has 0 spiro atoms. The summed E-state index contributed by atoms with van der Waals surface area (Å²) in [5.41, 5.74) is 1.25. The molecule has 0 aliphatic heterocycles. The molecule has 0 amide bonds. The third-order valence-corrected chi connectivity index (χ3v) is 3.02. The summed E-state index contributed by atoms with van der Waals surface area (Å²) in [4.78, 5) is 8.36. The van der Waals surface area contributed by atoms with Crippen LogP contribution >= 0.6 is 11.6 Å². The van der Waals surface area contributed by atoms with Crippen molar-refractivity contribution in [1.82, 2.24) is 9.97 Å². The maximum absolute atomic E-state index is 5.89. The Morgan fingerprint density at radius 2 is 2.05 bits per heavy atom. The van der Waals surface area contributed by atoms with Gasteiger partial charge in [0.1, 0.15) is 16.7 Å².